The summed E-state index contributed by atoms with van der Waals surface area (Å²) in [5.74, 6) is 0. The molecule has 0 aliphatic rings. The van der Waals surface area contributed by atoms with Crippen LogP contribution in [-0.4, -0.2) is 13.1 Å². The van der Waals surface area contributed by atoms with Crippen LogP contribution in [0, 0.1) is 5.41 Å². The van der Waals surface area contributed by atoms with Crippen molar-refractivity contribution in [3.8, 4) is 0 Å². The van der Waals surface area contributed by atoms with E-state index in [9.17, 15) is 0 Å². The maximum Gasteiger partial charge on any atom is 0.0408 e. The molecular weight excluding hydrogens is 206 g/mol. The minimum atomic E-state index is 0.355. The first-order valence-electron chi connectivity index (χ1n) is 5.42. The predicted molar refractivity (Wildman–Crippen MR) is 67.5 cm³/mol. The summed E-state index contributed by atoms with van der Waals surface area (Å²) in [4.78, 5) is 0. The molecular formula is C13H20ClN. The van der Waals surface area contributed by atoms with E-state index in [1.54, 1.807) is 0 Å². The van der Waals surface area contributed by atoms with Crippen LogP contribution in [-0.2, 0) is 6.42 Å². The van der Waals surface area contributed by atoms with E-state index >= 15 is 0 Å². The summed E-state index contributed by atoms with van der Waals surface area (Å²) in [5.41, 5.74) is 1.65. The summed E-state index contributed by atoms with van der Waals surface area (Å²) >= 11 is 5.91. The highest BCUT2D eigenvalue weighted by molar-refractivity contribution is 6.30. The van der Waals surface area contributed by atoms with E-state index in [1.807, 2.05) is 18.2 Å². The van der Waals surface area contributed by atoms with Crippen molar-refractivity contribution in [1.29, 1.82) is 0 Å². The Labute approximate surface area is 97.8 Å². The maximum absolute atomic E-state index is 5.91. The van der Waals surface area contributed by atoms with Crippen molar-refractivity contribution in [3.05, 3.63) is 34.9 Å². The van der Waals surface area contributed by atoms with Crippen LogP contribution in [0.2, 0.25) is 5.02 Å². The predicted octanol–water partition coefficient (Wildman–Crippen LogP) is 3.52. The lowest BCUT2D eigenvalue weighted by Gasteiger charge is -2.18. The molecule has 0 fully saturated rings. The van der Waals surface area contributed by atoms with Crippen molar-refractivity contribution >= 4 is 11.6 Å². The van der Waals surface area contributed by atoms with Crippen LogP contribution in [0.15, 0.2) is 24.3 Å². The summed E-state index contributed by atoms with van der Waals surface area (Å²) in [6.07, 6.45) is 1.04. The van der Waals surface area contributed by atoms with E-state index in [0.717, 1.165) is 24.5 Å². The van der Waals surface area contributed by atoms with Crippen molar-refractivity contribution in [2.75, 3.05) is 13.1 Å². The molecule has 0 bridgehead atoms. The quantitative estimate of drug-likeness (QED) is 0.774. The smallest absolute Gasteiger partial charge is 0.0408 e. The Hall–Kier alpha value is -0.530. The van der Waals surface area contributed by atoms with Gasteiger partial charge in [-0.25, -0.2) is 0 Å². The molecule has 0 spiro atoms. The molecule has 0 aliphatic heterocycles. The Morgan fingerprint density at radius 1 is 1.27 bits per heavy atom. The zero-order chi connectivity index (χ0) is 11.3. The van der Waals surface area contributed by atoms with E-state index in [4.69, 9.17) is 11.6 Å². The number of benzene rings is 1. The molecule has 0 aliphatic carbocycles. The minimum Gasteiger partial charge on any atom is -0.316 e. The molecule has 0 amide bonds. The van der Waals surface area contributed by atoms with Crippen LogP contribution >= 0.6 is 11.6 Å². The van der Waals surface area contributed by atoms with Crippen LogP contribution in [0.5, 0.6) is 0 Å². The SMILES string of the molecule is CC(C)(C)CNCCc1cccc(Cl)c1. The van der Waals surface area contributed by atoms with Crippen molar-refractivity contribution in [1.82, 2.24) is 5.32 Å². The third kappa shape index (κ3) is 5.81. The molecule has 1 rings (SSSR count). The van der Waals surface area contributed by atoms with E-state index in [0.29, 0.717) is 5.41 Å². The van der Waals surface area contributed by atoms with E-state index in [2.05, 4.69) is 32.2 Å². The van der Waals surface area contributed by atoms with E-state index in [1.165, 1.54) is 5.56 Å². The number of hydrogen-bond donors (Lipinski definition) is 1. The van der Waals surface area contributed by atoms with Gasteiger partial charge in [-0.05, 0) is 36.1 Å². The number of nitrogens with one attached hydrogen (secondary N) is 1. The largest absolute Gasteiger partial charge is 0.316 e. The third-order valence-corrected chi connectivity index (χ3v) is 2.37. The van der Waals surface area contributed by atoms with Gasteiger partial charge in [-0.1, -0.05) is 44.5 Å². The molecule has 0 atom stereocenters. The van der Waals surface area contributed by atoms with Gasteiger partial charge in [-0.15, -0.1) is 0 Å². The number of hydrogen-bond acceptors (Lipinski definition) is 1. The highest BCUT2D eigenvalue weighted by Crippen LogP contribution is 2.12. The second-order valence-corrected chi connectivity index (χ2v) is 5.55. The van der Waals surface area contributed by atoms with Crippen LogP contribution < -0.4 is 5.32 Å². The molecule has 0 radical (unpaired) electrons. The summed E-state index contributed by atoms with van der Waals surface area (Å²) in [6, 6.07) is 8.06. The van der Waals surface area contributed by atoms with Crippen LogP contribution in [0.3, 0.4) is 0 Å². The third-order valence-electron chi connectivity index (χ3n) is 2.13. The van der Waals surface area contributed by atoms with Gasteiger partial charge in [0, 0.05) is 11.6 Å². The van der Waals surface area contributed by atoms with Gasteiger partial charge < -0.3 is 5.32 Å². The fraction of sp³-hybridized carbons (Fsp3) is 0.538. The maximum atomic E-state index is 5.91. The standard InChI is InChI=1S/C13H20ClN/c1-13(2,3)10-15-8-7-11-5-4-6-12(14)9-11/h4-6,9,15H,7-8,10H2,1-3H3. The lowest BCUT2D eigenvalue weighted by molar-refractivity contribution is 0.381. The second kappa shape index (κ2) is 5.53. The fourth-order valence-electron chi connectivity index (χ4n) is 1.39. The molecule has 1 N–H and O–H groups in total. The minimum absolute atomic E-state index is 0.355. The fourth-order valence-corrected chi connectivity index (χ4v) is 1.60. The molecule has 0 aromatic heterocycles. The molecule has 0 unspecified atom stereocenters. The lowest BCUT2D eigenvalue weighted by atomic mass is 9.97. The van der Waals surface area contributed by atoms with E-state index < -0.39 is 0 Å². The zero-order valence-corrected chi connectivity index (χ0v) is 10.6. The molecule has 1 nitrogen and oxygen atoms in total. The molecule has 0 saturated carbocycles. The summed E-state index contributed by atoms with van der Waals surface area (Å²) in [6.45, 7) is 8.77. The first-order chi connectivity index (χ1) is 6.97. The Balaban J connectivity index is 2.26. The Morgan fingerprint density at radius 2 is 2.00 bits per heavy atom. The van der Waals surface area contributed by atoms with Gasteiger partial charge in [0.05, 0.1) is 0 Å². The Morgan fingerprint density at radius 3 is 2.60 bits per heavy atom. The van der Waals surface area contributed by atoms with Gasteiger partial charge in [0.1, 0.15) is 0 Å². The van der Waals surface area contributed by atoms with Gasteiger partial charge in [0.15, 0.2) is 0 Å². The van der Waals surface area contributed by atoms with E-state index in [-0.39, 0.29) is 0 Å². The molecule has 0 saturated heterocycles. The van der Waals surface area contributed by atoms with Gasteiger partial charge in [0.2, 0.25) is 0 Å². The van der Waals surface area contributed by atoms with Crippen LogP contribution in [0.25, 0.3) is 0 Å². The monoisotopic (exact) mass is 225 g/mol. The van der Waals surface area contributed by atoms with Gasteiger partial charge in [0.25, 0.3) is 0 Å². The first-order valence-corrected chi connectivity index (χ1v) is 5.80. The second-order valence-electron chi connectivity index (χ2n) is 5.12. The highest BCUT2D eigenvalue weighted by atomic mass is 35.5. The topological polar surface area (TPSA) is 12.0 Å². The Bertz CT molecular complexity index is 302. The first kappa shape index (κ1) is 12.5. The molecule has 0 heterocycles. The molecule has 1 aromatic carbocycles. The van der Waals surface area contributed by atoms with Crippen molar-refractivity contribution in [3.63, 3.8) is 0 Å². The summed E-state index contributed by atoms with van der Waals surface area (Å²) in [5, 5.41) is 4.27. The summed E-state index contributed by atoms with van der Waals surface area (Å²) < 4.78 is 0. The van der Waals surface area contributed by atoms with Crippen LogP contribution in [0.4, 0.5) is 0 Å². The molecule has 84 valence electrons. The van der Waals surface area contributed by atoms with Crippen molar-refractivity contribution < 1.29 is 0 Å². The van der Waals surface area contributed by atoms with Gasteiger partial charge >= 0.3 is 0 Å². The number of halogens is 1. The summed E-state index contributed by atoms with van der Waals surface area (Å²) in [7, 11) is 0. The molecule has 15 heavy (non-hydrogen) atoms. The normalized spacial score (nSPS) is 11.7. The van der Waals surface area contributed by atoms with Crippen LogP contribution in [0.1, 0.15) is 26.3 Å². The van der Waals surface area contributed by atoms with Gasteiger partial charge in [-0.3, -0.25) is 0 Å². The molecule has 2 heteroatoms. The van der Waals surface area contributed by atoms with Crippen molar-refractivity contribution in [2.45, 2.75) is 27.2 Å². The average Bonchev–Trinajstić information content (AvgIpc) is 2.11. The van der Waals surface area contributed by atoms with Gasteiger partial charge in [-0.2, -0.15) is 0 Å². The Kier molecular flexibility index (Phi) is 4.62. The lowest BCUT2D eigenvalue weighted by Crippen LogP contribution is -2.28. The highest BCUT2D eigenvalue weighted by Gasteiger charge is 2.08. The number of rotatable bonds is 4. The zero-order valence-electron chi connectivity index (χ0n) is 9.81. The van der Waals surface area contributed by atoms with Crippen molar-refractivity contribution in [2.24, 2.45) is 5.41 Å². The molecule has 1 aromatic rings. The average molecular weight is 226 g/mol.